The van der Waals surface area contributed by atoms with E-state index in [1.807, 2.05) is 4.90 Å². The first-order chi connectivity index (χ1) is 9.16. The van der Waals surface area contributed by atoms with Gasteiger partial charge in [0.05, 0.1) is 11.3 Å². The van der Waals surface area contributed by atoms with Gasteiger partial charge in [-0.05, 0) is 18.5 Å². The Morgan fingerprint density at radius 3 is 2.68 bits per heavy atom. The molecule has 1 aliphatic rings. The summed E-state index contributed by atoms with van der Waals surface area (Å²) in [5.74, 6) is 0.0811. The van der Waals surface area contributed by atoms with Gasteiger partial charge in [-0.3, -0.25) is 14.9 Å². The predicted molar refractivity (Wildman–Crippen MR) is 70.9 cm³/mol. The lowest BCUT2D eigenvalue weighted by atomic mass is 10.1. The molecular weight excluding hydrogens is 246 g/mol. The summed E-state index contributed by atoms with van der Waals surface area (Å²) in [5.41, 5.74) is 0.864. The SMILES string of the molecule is O=C(Cc1ccc([N+](=O)[O-])cc1)N1CCCNCC1. The molecule has 0 spiro atoms. The molecule has 0 bridgehead atoms. The van der Waals surface area contributed by atoms with E-state index in [0.717, 1.165) is 38.2 Å². The number of nitrogens with zero attached hydrogens (tertiary/aromatic N) is 2. The third-order valence-corrected chi connectivity index (χ3v) is 3.20. The van der Waals surface area contributed by atoms with Gasteiger partial charge in [-0.15, -0.1) is 0 Å². The number of amides is 1. The Hall–Kier alpha value is -1.95. The average molecular weight is 263 g/mol. The van der Waals surface area contributed by atoms with Crippen molar-refractivity contribution < 1.29 is 9.72 Å². The molecule has 0 radical (unpaired) electrons. The number of hydrogen-bond donors (Lipinski definition) is 1. The van der Waals surface area contributed by atoms with Crippen molar-refractivity contribution in [3.05, 3.63) is 39.9 Å². The van der Waals surface area contributed by atoms with E-state index in [1.165, 1.54) is 12.1 Å². The number of nitro groups is 1. The van der Waals surface area contributed by atoms with E-state index in [1.54, 1.807) is 12.1 Å². The molecule has 0 aliphatic carbocycles. The highest BCUT2D eigenvalue weighted by molar-refractivity contribution is 5.78. The second-order valence-electron chi connectivity index (χ2n) is 4.58. The van der Waals surface area contributed by atoms with Crippen LogP contribution in [0.2, 0.25) is 0 Å². The van der Waals surface area contributed by atoms with E-state index < -0.39 is 4.92 Å². The molecule has 102 valence electrons. The van der Waals surface area contributed by atoms with Crippen molar-refractivity contribution in [2.45, 2.75) is 12.8 Å². The number of hydrogen-bond acceptors (Lipinski definition) is 4. The normalized spacial score (nSPS) is 15.9. The molecule has 2 rings (SSSR count). The maximum Gasteiger partial charge on any atom is 0.269 e. The van der Waals surface area contributed by atoms with Crippen LogP contribution < -0.4 is 5.32 Å². The van der Waals surface area contributed by atoms with Crippen molar-refractivity contribution in [2.75, 3.05) is 26.2 Å². The van der Waals surface area contributed by atoms with E-state index in [0.29, 0.717) is 6.42 Å². The van der Waals surface area contributed by atoms with Crippen LogP contribution in [-0.4, -0.2) is 41.9 Å². The first kappa shape index (κ1) is 13.5. The van der Waals surface area contributed by atoms with Crippen LogP contribution in [0, 0.1) is 10.1 Å². The minimum absolute atomic E-state index is 0.0511. The number of nitro benzene ring substituents is 1. The fourth-order valence-corrected chi connectivity index (χ4v) is 2.12. The lowest BCUT2D eigenvalue weighted by Crippen LogP contribution is -2.35. The number of benzene rings is 1. The second kappa shape index (κ2) is 6.29. The summed E-state index contributed by atoms with van der Waals surface area (Å²) in [7, 11) is 0. The lowest BCUT2D eigenvalue weighted by molar-refractivity contribution is -0.384. The van der Waals surface area contributed by atoms with Crippen LogP contribution in [0.15, 0.2) is 24.3 Å². The molecule has 1 aliphatic heterocycles. The summed E-state index contributed by atoms with van der Waals surface area (Å²) in [6.07, 6.45) is 1.27. The third-order valence-electron chi connectivity index (χ3n) is 3.20. The van der Waals surface area contributed by atoms with Gasteiger partial charge < -0.3 is 10.2 Å². The van der Waals surface area contributed by atoms with Crippen LogP contribution in [-0.2, 0) is 11.2 Å². The second-order valence-corrected chi connectivity index (χ2v) is 4.58. The van der Waals surface area contributed by atoms with Gasteiger partial charge in [0.1, 0.15) is 0 Å². The Morgan fingerprint density at radius 1 is 1.26 bits per heavy atom. The molecule has 19 heavy (non-hydrogen) atoms. The maximum atomic E-state index is 12.1. The molecule has 1 N–H and O–H groups in total. The fraction of sp³-hybridized carbons (Fsp3) is 0.462. The maximum absolute atomic E-state index is 12.1. The van der Waals surface area contributed by atoms with Gasteiger partial charge in [0.25, 0.3) is 5.69 Å². The van der Waals surface area contributed by atoms with E-state index >= 15 is 0 Å². The third kappa shape index (κ3) is 3.75. The summed E-state index contributed by atoms with van der Waals surface area (Å²) in [6, 6.07) is 6.16. The summed E-state index contributed by atoms with van der Waals surface area (Å²) in [4.78, 5) is 24.1. The highest BCUT2D eigenvalue weighted by Crippen LogP contribution is 2.13. The van der Waals surface area contributed by atoms with Crippen LogP contribution in [0.1, 0.15) is 12.0 Å². The van der Waals surface area contributed by atoms with Crippen LogP contribution >= 0.6 is 0 Å². The molecule has 6 nitrogen and oxygen atoms in total. The van der Waals surface area contributed by atoms with E-state index in [9.17, 15) is 14.9 Å². The smallest absolute Gasteiger partial charge is 0.269 e. The minimum Gasteiger partial charge on any atom is -0.341 e. The standard InChI is InChI=1S/C13H17N3O3/c17-13(15-8-1-6-14-7-9-15)10-11-2-4-12(5-3-11)16(18)19/h2-5,14H,1,6-10H2. The van der Waals surface area contributed by atoms with Crippen LogP contribution in [0.4, 0.5) is 5.69 Å². The minimum atomic E-state index is -0.438. The fourth-order valence-electron chi connectivity index (χ4n) is 2.12. The zero-order valence-electron chi connectivity index (χ0n) is 10.7. The monoisotopic (exact) mass is 263 g/mol. The number of carbonyl (C=O) groups excluding carboxylic acids is 1. The van der Waals surface area contributed by atoms with Crippen molar-refractivity contribution in [3.63, 3.8) is 0 Å². The number of non-ortho nitro benzene ring substituents is 1. The summed E-state index contributed by atoms with van der Waals surface area (Å²) in [6.45, 7) is 3.28. The molecule has 1 aromatic carbocycles. The van der Waals surface area contributed by atoms with Crippen molar-refractivity contribution in [1.29, 1.82) is 0 Å². The van der Waals surface area contributed by atoms with Gasteiger partial charge in [-0.2, -0.15) is 0 Å². The van der Waals surface area contributed by atoms with Crippen LogP contribution in [0.3, 0.4) is 0 Å². The van der Waals surface area contributed by atoms with Gasteiger partial charge in [0, 0.05) is 31.8 Å². The van der Waals surface area contributed by atoms with Crippen molar-refractivity contribution >= 4 is 11.6 Å². The number of rotatable bonds is 3. The largest absolute Gasteiger partial charge is 0.341 e. The summed E-state index contributed by atoms with van der Waals surface area (Å²) >= 11 is 0. The molecule has 1 aromatic rings. The van der Waals surface area contributed by atoms with Crippen molar-refractivity contribution in [2.24, 2.45) is 0 Å². The predicted octanol–water partition coefficient (Wildman–Crippen LogP) is 0.959. The number of nitrogens with one attached hydrogen (secondary N) is 1. The van der Waals surface area contributed by atoms with Crippen molar-refractivity contribution in [1.82, 2.24) is 10.2 Å². The average Bonchev–Trinajstić information content (AvgIpc) is 2.68. The molecule has 0 unspecified atom stereocenters. The lowest BCUT2D eigenvalue weighted by Gasteiger charge is -2.19. The molecule has 1 fully saturated rings. The van der Waals surface area contributed by atoms with Gasteiger partial charge in [-0.25, -0.2) is 0 Å². The molecule has 1 amide bonds. The zero-order chi connectivity index (χ0) is 13.7. The first-order valence-corrected chi connectivity index (χ1v) is 6.38. The topological polar surface area (TPSA) is 75.5 Å². The summed E-state index contributed by atoms with van der Waals surface area (Å²) in [5, 5.41) is 13.8. The molecule has 1 saturated heterocycles. The molecule has 6 heteroatoms. The zero-order valence-corrected chi connectivity index (χ0v) is 10.7. The van der Waals surface area contributed by atoms with E-state index in [-0.39, 0.29) is 11.6 Å². The quantitative estimate of drug-likeness (QED) is 0.651. The molecule has 1 heterocycles. The van der Waals surface area contributed by atoms with E-state index in [2.05, 4.69) is 5.32 Å². The first-order valence-electron chi connectivity index (χ1n) is 6.38. The molecule has 0 atom stereocenters. The van der Waals surface area contributed by atoms with Gasteiger partial charge in [0.15, 0.2) is 0 Å². The van der Waals surface area contributed by atoms with Crippen molar-refractivity contribution in [3.8, 4) is 0 Å². The Bertz CT molecular complexity index is 451. The van der Waals surface area contributed by atoms with Crippen LogP contribution in [0.25, 0.3) is 0 Å². The van der Waals surface area contributed by atoms with Gasteiger partial charge >= 0.3 is 0 Å². The Kier molecular flexibility index (Phi) is 4.46. The van der Waals surface area contributed by atoms with Gasteiger partial charge in [0.2, 0.25) is 5.91 Å². The molecule has 0 saturated carbocycles. The Labute approximate surface area is 111 Å². The Balaban J connectivity index is 1.95. The highest BCUT2D eigenvalue weighted by atomic mass is 16.6. The van der Waals surface area contributed by atoms with E-state index in [4.69, 9.17) is 0 Å². The molecule has 0 aromatic heterocycles. The van der Waals surface area contributed by atoms with Gasteiger partial charge in [-0.1, -0.05) is 12.1 Å². The summed E-state index contributed by atoms with van der Waals surface area (Å²) < 4.78 is 0. The molecular formula is C13H17N3O3. The number of carbonyl (C=O) groups is 1. The van der Waals surface area contributed by atoms with Crippen LogP contribution in [0.5, 0.6) is 0 Å². The Morgan fingerprint density at radius 2 is 2.00 bits per heavy atom. The highest BCUT2D eigenvalue weighted by Gasteiger charge is 2.15.